The Morgan fingerprint density at radius 3 is 2.31 bits per heavy atom. The minimum atomic E-state index is -0.234. The van der Waals surface area contributed by atoms with Gasteiger partial charge in [-0.05, 0) is 31.5 Å². The molecule has 0 aliphatic rings. The van der Waals surface area contributed by atoms with Gasteiger partial charge in [0.2, 0.25) is 6.54 Å². The van der Waals surface area contributed by atoms with Crippen LogP contribution in [0.25, 0.3) is 4.85 Å². The van der Waals surface area contributed by atoms with Gasteiger partial charge >= 0.3 is 0 Å². The fraction of sp³-hybridized carbons (Fsp3) is 0.364. The van der Waals surface area contributed by atoms with Gasteiger partial charge in [-0.25, -0.2) is 11.0 Å². The van der Waals surface area contributed by atoms with Crippen LogP contribution in [0.5, 0.6) is 0 Å². The molecule has 1 nitrogen and oxygen atoms in total. The maximum absolute atomic E-state index is 12.6. The average molecular weight is 177 g/mol. The number of hydrogen-bond acceptors (Lipinski definition) is 0. The quantitative estimate of drug-likeness (QED) is 0.611. The molecule has 1 aromatic rings. The molecule has 0 aromatic heterocycles. The lowest BCUT2D eigenvalue weighted by Crippen LogP contribution is -2.20. The maximum atomic E-state index is 12.6. The Morgan fingerprint density at radius 1 is 1.31 bits per heavy atom. The van der Waals surface area contributed by atoms with Gasteiger partial charge in [0.15, 0.2) is 0 Å². The van der Waals surface area contributed by atoms with Gasteiger partial charge in [-0.1, -0.05) is 12.1 Å². The molecule has 0 spiro atoms. The van der Waals surface area contributed by atoms with Gasteiger partial charge in [0.05, 0.1) is 5.41 Å². The summed E-state index contributed by atoms with van der Waals surface area (Å²) in [7, 11) is 0. The molecule has 1 aromatic carbocycles. The van der Waals surface area contributed by atoms with Crippen molar-refractivity contribution in [1.82, 2.24) is 0 Å². The van der Waals surface area contributed by atoms with E-state index in [0.717, 1.165) is 5.56 Å². The molecule has 0 unspecified atom stereocenters. The first-order valence-corrected chi connectivity index (χ1v) is 4.15. The molecular formula is C11H12FN. The normalized spacial score (nSPS) is 10.9. The van der Waals surface area contributed by atoms with Crippen molar-refractivity contribution < 1.29 is 4.39 Å². The maximum Gasteiger partial charge on any atom is 0.223 e. The van der Waals surface area contributed by atoms with Crippen LogP contribution in [-0.2, 0) is 5.41 Å². The molecule has 1 rings (SSSR count). The van der Waals surface area contributed by atoms with Crippen LogP contribution in [0.15, 0.2) is 24.3 Å². The first kappa shape index (κ1) is 9.73. The third-order valence-electron chi connectivity index (χ3n) is 2.10. The van der Waals surface area contributed by atoms with Crippen molar-refractivity contribution in [2.45, 2.75) is 19.3 Å². The van der Waals surface area contributed by atoms with E-state index in [1.807, 2.05) is 13.8 Å². The zero-order valence-electron chi connectivity index (χ0n) is 7.84. The molecule has 0 bridgehead atoms. The minimum Gasteiger partial charge on any atom is -0.316 e. The van der Waals surface area contributed by atoms with Gasteiger partial charge in [-0.3, -0.25) is 0 Å². The Labute approximate surface area is 78.0 Å². The summed E-state index contributed by atoms with van der Waals surface area (Å²) in [6.45, 7) is 11.2. The highest BCUT2D eigenvalue weighted by atomic mass is 19.1. The molecule has 68 valence electrons. The second-order valence-corrected chi connectivity index (χ2v) is 3.71. The van der Waals surface area contributed by atoms with E-state index in [0.29, 0.717) is 6.54 Å². The molecule has 0 fully saturated rings. The van der Waals surface area contributed by atoms with E-state index in [2.05, 4.69) is 4.85 Å². The second kappa shape index (κ2) is 3.57. The topological polar surface area (TPSA) is 4.36 Å². The zero-order valence-corrected chi connectivity index (χ0v) is 7.84. The summed E-state index contributed by atoms with van der Waals surface area (Å²) < 4.78 is 12.6. The third kappa shape index (κ3) is 2.29. The van der Waals surface area contributed by atoms with E-state index in [9.17, 15) is 4.39 Å². The van der Waals surface area contributed by atoms with Crippen molar-refractivity contribution in [3.05, 3.63) is 47.1 Å². The Balaban J connectivity index is 2.95. The molecule has 0 aliphatic heterocycles. The number of nitrogens with zero attached hydrogens (tertiary/aromatic N) is 1. The van der Waals surface area contributed by atoms with Crippen LogP contribution in [0.3, 0.4) is 0 Å². The van der Waals surface area contributed by atoms with Crippen molar-refractivity contribution >= 4 is 0 Å². The molecule has 0 amide bonds. The summed E-state index contributed by atoms with van der Waals surface area (Å²) >= 11 is 0. The molecule has 0 atom stereocenters. The highest BCUT2D eigenvalue weighted by Gasteiger charge is 2.23. The fourth-order valence-corrected chi connectivity index (χ4v) is 1.19. The van der Waals surface area contributed by atoms with Crippen molar-refractivity contribution in [2.75, 3.05) is 6.54 Å². The summed E-state index contributed by atoms with van der Waals surface area (Å²) in [6, 6.07) is 6.34. The predicted octanol–water partition coefficient (Wildman–Crippen LogP) is 3.02. The van der Waals surface area contributed by atoms with E-state index >= 15 is 0 Å². The van der Waals surface area contributed by atoms with E-state index in [1.54, 1.807) is 12.1 Å². The van der Waals surface area contributed by atoms with Crippen LogP contribution in [-0.4, -0.2) is 6.54 Å². The molecular weight excluding hydrogens is 165 g/mol. The van der Waals surface area contributed by atoms with E-state index in [-0.39, 0.29) is 11.2 Å². The third-order valence-corrected chi connectivity index (χ3v) is 2.10. The Kier molecular flexibility index (Phi) is 2.67. The second-order valence-electron chi connectivity index (χ2n) is 3.71. The minimum absolute atomic E-state index is 0.185. The fourth-order valence-electron chi connectivity index (χ4n) is 1.19. The number of halogens is 1. The van der Waals surface area contributed by atoms with Crippen molar-refractivity contribution in [3.63, 3.8) is 0 Å². The Morgan fingerprint density at radius 2 is 1.85 bits per heavy atom. The summed E-state index contributed by atoms with van der Waals surface area (Å²) in [5.74, 6) is -0.234. The van der Waals surface area contributed by atoms with Crippen LogP contribution in [0, 0.1) is 12.4 Å². The summed E-state index contributed by atoms with van der Waals surface area (Å²) in [6.07, 6.45) is 0. The first-order chi connectivity index (χ1) is 6.06. The van der Waals surface area contributed by atoms with Crippen molar-refractivity contribution in [3.8, 4) is 0 Å². The highest BCUT2D eigenvalue weighted by molar-refractivity contribution is 5.25. The van der Waals surface area contributed by atoms with Crippen LogP contribution >= 0.6 is 0 Å². The molecule has 0 saturated carbocycles. The van der Waals surface area contributed by atoms with E-state index < -0.39 is 0 Å². The summed E-state index contributed by atoms with van der Waals surface area (Å²) in [4.78, 5) is 3.36. The van der Waals surface area contributed by atoms with Gasteiger partial charge in [0, 0.05) is 0 Å². The van der Waals surface area contributed by atoms with Crippen LogP contribution in [0.4, 0.5) is 4.39 Å². The zero-order chi connectivity index (χ0) is 9.90. The summed E-state index contributed by atoms with van der Waals surface area (Å²) in [5.41, 5.74) is 0.819. The summed E-state index contributed by atoms with van der Waals surface area (Å²) in [5, 5.41) is 0. The molecule has 0 radical (unpaired) electrons. The van der Waals surface area contributed by atoms with Gasteiger partial charge in [-0.15, -0.1) is 0 Å². The van der Waals surface area contributed by atoms with E-state index in [4.69, 9.17) is 6.57 Å². The molecule has 0 heterocycles. The average Bonchev–Trinajstić information content (AvgIpc) is 2.05. The molecule has 13 heavy (non-hydrogen) atoms. The lowest BCUT2D eigenvalue weighted by molar-refractivity contribution is 0.567. The molecule has 2 heteroatoms. The van der Waals surface area contributed by atoms with E-state index in [1.165, 1.54) is 12.1 Å². The Hall–Kier alpha value is -1.36. The standard InChI is InChI=1S/C11H12FN/c1-11(2,8-13-3)9-4-6-10(12)7-5-9/h4-7H,8H2,1-2H3. The van der Waals surface area contributed by atoms with Gasteiger partial charge in [0.25, 0.3) is 0 Å². The smallest absolute Gasteiger partial charge is 0.223 e. The lowest BCUT2D eigenvalue weighted by Gasteiger charge is -2.18. The van der Waals surface area contributed by atoms with Crippen molar-refractivity contribution in [1.29, 1.82) is 0 Å². The van der Waals surface area contributed by atoms with Crippen LogP contribution in [0.2, 0.25) is 0 Å². The molecule has 0 N–H and O–H groups in total. The first-order valence-electron chi connectivity index (χ1n) is 4.15. The van der Waals surface area contributed by atoms with Crippen LogP contribution < -0.4 is 0 Å². The SMILES string of the molecule is [C-]#[N+]CC(C)(C)c1ccc(F)cc1. The van der Waals surface area contributed by atoms with Gasteiger partial charge in [-0.2, -0.15) is 0 Å². The number of benzene rings is 1. The van der Waals surface area contributed by atoms with Crippen molar-refractivity contribution in [2.24, 2.45) is 0 Å². The molecule has 0 saturated heterocycles. The number of rotatable bonds is 2. The predicted molar refractivity (Wildman–Crippen MR) is 50.9 cm³/mol. The largest absolute Gasteiger partial charge is 0.316 e. The monoisotopic (exact) mass is 177 g/mol. The molecule has 0 aliphatic carbocycles. The highest BCUT2D eigenvalue weighted by Crippen LogP contribution is 2.23. The Bertz CT molecular complexity index is 319. The lowest BCUT2D eigenvalue weighted by atomic mass is 9.85. The van der Waals surface area contributed by atoms with Crippen LogP contribution in [0.1, 0.15) is 19.4 Å². The van der Waals surface area contributed by atoms with Gasteiger partial charge < -0.3 is 4.85 Å². The number of hydrogen-bond donors (Lipinski definition) is 0. The van der Waals surface area contributed by atoms with Gasteiger partial charge in [0.1, 0.15) is 5.82 Å².